The maximum Gasteiger partial charge on any atom is 0.319 e. The van der Waals surface area contributed by atoms with Gasteiger partial charge in [-0.05, 0) is 38.3 Å². The monoisotopic (exact) mass is 314 g/mol. The zero-order chi connectivity index (χ0) is 16.2. The van der Waals surface area contributed by atoms with E-state index in [1.165, 1.54) is 5.69 Å². The molecule has 0 spiro atoms. The lowest BCUT2D eigenvalue weighted by atomic mass is 10.1. The predicted molar refractivity (Wildman–Crippen MR) is 89.8 cm³/mol. The molecule has 1 aliphatic rings. The Hall–Kier alpha value is -2.50. The lowest BCUT2D eigenvalue weighted by Crippen LogP contribution is -2.34. The zero-order valence-electron chi connectivity index (χ0n) is 13.5. The highest BCUT2D eigenvalue weighted by Gasteiger charge is 2.23. The fourth-order valence-electron chi connectivity index (χ4n) is 2.93. The van der Waals surface area contributed by atoms with Crippen LogP contribution in [0.3, 0.4) is 0 Å². The standard InChI is InChI=1S/C17H22N4O2/c1-12-16(13(2)23-20-12)19-17(22)18-10-14-8-9-21(11-14)15-6-4-3-5-7-15/h3-7,14H,8-11H2,1-2H3,(H2,18,19,22)/t14-/m0/s1. The summed E-state index contributed by atoms with van der Waals surface area (Å²) in [5, 5.41) is 9.57. The Kier molecular flexibility index (Phi) is 4.50. The summed E-state index contributed by atoms with van der Waals surface area (Å²) in [6.45, 7) is 6.25. The molecule has 1 aromatic carbocycles. The average molecular weight is 314 g/mol. The molecule has 2 N–H and O–H groups in total. The molecular formula is C17H22N4O2. The topological polar surface area (TPSA) is 70.4 Å². The number of amides is 2. The van der Waals surface area contributed by atoms with Crippen LogP contribution in [0.1, 0.15) is 17.9 Å². The SMILES string of the molecule is Cc1noc(C)c1NC(=O)NC[C@@H]1CCN(c2ccccc2)C1. The summed E-state index contributed by atoms with van der Waals surface area (Å²) in [6.07, 6.45) is 1.08. The van der Waals surface area contributed by atoms with Gasteiger partial charge in [0, 0.05) is 25.3 Å². The van der Waals surface area contributed by atoms with Gasteiger partial charge in [-0.15, -0.1) is 0 Å². The van der Waals surface area contributed by atoms with E-state index in [0.717, 1.165) is 19.5 Å². The molecule has 2 heterocycles. The van der Waals surface area contributed by atoms with Gasteiger partial charge in [-0.2, -0.15) is 0 Å². The summed E-state index contributed by atoms with van der Waals surface area (Å²) < 4.78 is 5.04. The number of hydrogen-bond donors (Lipinski definition) is 2. The molecule has 0 radical (unpaired) electrons. The van der Waals surface area contributed by atoms with Crippen molar-refractivity contribution in [1.29, 1.82) is 0 Å². The van der Waals surface area contributed by atoms with Crippen molar-refractivity contribution in [3.05, 3.63) is 41.8 Å². The summed E-state index contributed by atoms with van der Waals surface area (Å²) in [5.41, 5.74) is 2.59. The molecule has 1 atom stereocenters. The van der Waals surface area contributed by atoms with Crippen molar-refractivity contribution < 1.29 is 9.32 Å². The van der Waals surface area contributed by atoms with E-state index in [4.69, 9.17) is 4.52 Å². The van der Waals surface area contributed by atoms with Crippen LogP contribution in [0.4, 0.5) is 16.2 Å². The number of nitrogens with zero attached hydrogens (tertiary/aromatic N) is 2. The van der Waals surface area contributed by atoms with Crippen LogP contribution in [0.2, 0.25) is 0 Å². The molecule has 2 aromatic rings. The third-order valence-corrected chi connectivity index (χ3v) is 4.23. The van der Waals surface area contributed by atoms with E-state index in [-0.39, 0.29) is 6.03 Å². The van der Waals surface area contributed by atoms with Crippen LogP contribution in [-0.4, -0.2) is 30.8 Å². The van der Waals surface area contributed by atoms with E-state index in [1.807, 2.05) is 6.07 Å². The van der Waals surface area contributed by atoms with E-state index >= 15 is 0 Å². The molecule has 6 nitrogen and oxygen atoms in total. The lowest BCUT2D eigenvalue weighted by Gasteiger charge is -2.18. The number of nitrogens with one attached hydrogen (secondary N) is 2. The van der Waals surface area contributed by atoms with Crippen LogP contribution < -0.4 is 15.5 Å². The number of rotatable bonds is 4. The number of anilines is 2. The number of carbonyl (C=O) groups excluding carboxylic acids is 1. The Labute approximate surface area is 135 Å². The van der Waals surface area contributed by atoms with Crippen molar-refractivity contribution in [2.24, 2.45) is 5.92 Å². The van der Waals surface area contributed by atoms with E-state index in [0.29, 0.717) is 29.6 Å². The first-order valence-corrected chi connectivity index (χ1v) is 7.91. The van der Waals surface area contributed by atoms with Crippen molar-refractivity contribution in [2.45, 2.75) is 20.3 Å². The highest BCUT2D eigenvalue weighted by atomic mass is 16.5. The molecule has 0 unspecified atom stereocenters. The maximum absolute atomic E-state index is 12.0. The fraction of sp³-hybridized carbons (Fsp3) is 0.412. The second-order valence-corrected chi connectivity index (χ2v) is 5.97. The number of hydrogen-bond acceptors (Lipinski definition) is 4. The summed E-state index contributed by atoms with van der Waals surface area (Å²) in [6, 6.07) is 10.2. The summed E-state index contributed by atoms with van der Waals surface area (Å²) in [4.78, 5) is 14.4. The molecule has 1 saturated heterocycles. The lowest BCUT2D eigenvalue weighted by molar-refractivity contribution is 0.250. The van der Waals surface area contributed by atoms with Crippen molar-refractivity contribution in [2.75, 3.05) is 29.9 Å². The molecule has 0 saturated carbocycles. The smallest absolute Gasteiger partial charge is 0.319 e. The van der Waals surface area contributed by atoms with Crippen LogP contribution in [0.5, 0.6) is 0 Å². The summed E-state index contributed by atoms with van der Waals surface area (Å²) >= 11 is 0. The molecule has 122 valence electrons. The minimum Gasteiger partial charge on any atom is -0.371 e. The average Bonchev–Trinajstić information content (AvgIpc) is 3.16. The van der Waals surface area contributed by atoms with E-state index < -0.39 is 0 Å². The zero-order valence-corrected chi connectivity index (χ0v) is 13.5. The van der Waals surface area contributed by atoms with Crippen molar-refractivity contribution in [3.8, 4) is 0 Å². The molecule has 2 amide bonds. The van der Waals surface area contributed by atoms with Gasteiger partial charge in [0.1, 0.15) is 11.4 Å². The number of aryl methyl sites for hydroxylation is 2. The molecule has 3 rings (SSSR count). The van der Waals surface area contributed by atoms with Crippen LogP contribution in [0.25, 0.3) is 0 Å². The first-order chi connectivity index (χ1) is 11.1. The summed E-state index contributed by atoms with van der Waals surface area (Å²) in [7, 11) is 0. The first kappa shape index (κ1) is 15.4. The molecule has 0 bridgehead atoms. The highest BCUT2D eigenvalue weighted by Crippen LogP contribution is 2.23. The largest absolute Gasteiger partial charge is 0.371 e. The normalized spacial score (nSPS) is 17.3. The van der Waals surface area contributed by atoms with Gasteiger partial charge in [-0.25, -0.2) is 4.79 Å². The Morgan fingerprint density at radius 1 is 1.35 bits per heavy atom. The Balaban J connectivity index is 1.47. The third kappa shape index (κ3) is 3.64. The second kappa shape index (κ2) is 6.73. The molecule has 23 heavy (non-hydrogen) atoms. The first-order valence-electron chi connectivity index (χ1n) is 7.91. The van der Waals surface area contributed by atoms with Gasteiger partial charge in [-0.3, -0.25) is 0 Å². The third-order valence-electron chi connectivity index (χ3n) is 4.23. The molecule has 0 aliphatic carbocycles. The minimum atomic E-state index is -0.211. The van der Waals surface area contributed by atoms with E-state index in [2.05, 4.69) is 45.0 Å². The molecule has 1 fully saturated rings. The van der Waals surface area contributed by atoms with Gasteiger partial charge in [0.15, 0.2) is 5.76 Å². The maximum atomic E-state index is 12.0. The quantitative estimate of drug-likeness (QED) is 0.910. The number of carbonyl (C=O) groups is 1. The Morgan fingerprint density at radius 3 is 2.83 bits per heavy atom. The van der Waals surface area contributed by atoms with Crippen molar-refractivity contribution >= 4 is 17.4 Å². The van der Waals surface area contributed by atoms with Gasteiger partial charge in [0.25, 0.3) is 0 Å². The summed E-state index contributed by atoms with van der Waals surface area (Å²) in [5.74, 6) is 1.08. The Bertz CT molecular complexity index is 649. The van der Waals surface area contributed by atoms with Gasteiger partial charge >= 0.3 is 6.03 Å². The second-order valence-electron chi connectivity index (χ2n) is 5.97. The van der Waals surface area contributed by atoms with E-state index in [1.54, 1.807) is 13.8 Å². The molecule has 1 aromatic heterocycles. The van der Waals surface area contributed by atoms with Crippen LogP contribution >= 0.6 is 0 Å². The highest BCUT2D eigenvalue weighted by molar-refractivity contribution is 5.90. The predicted octanol–water partition coefficient (Wildman–Crippen LogP) is 2.94. The van der Waals surface area contributed by atoms with Crippen molar-refractivity contribution in [1.82, 2.24) is 10.5 Å². The molecule has 1 aliphatic heterocycles. The Morgan fingerprint density at radius 2 is 2.13 bits per heavy atom. The van der Waals surface area contributed by atoms with Gasteiger partial charge in [0.2, 0.25) is 0 Å². The number of urea groups is 1. The van der Waals surface area contributed by atoms with Gasteiger partial charge < -0.3 is 20.1 Å². The number of aromatic nitrogens is 1. The van der Waals surface area contributed by atoms with Gasteiger partial charge in [0.05, 0.1) is 0 Å². The minimum absolute atomic E-state index is 0.211. The van der Waals surface area contributed by atoms with Crippen LogP contribution in [-0.2, 0) is 0 Å². The number of benzene rings is 1. The molecular weight excluding hydrogens is 292 g/mol. The van der Waals surface area contributed by atoms with E-state index in [9.17, 15) is 4.79 Å². The van der Waals surface area contributed by atoms with Crippen LogP contribution in [0, 0.1) is 19.8 Å². The molecule has 6 heteroatoms. The van der Waals surface area contributed by atoms with Crippen LogP contribution in [0.15, 0.2) is 34.9 Å². The van der Waals surface area contributed by atoms with Gasteiger partial charge in [-0.1, -0.05) is 23.4 Å². The number of para-hydroxylation sites is 1. The fourth-order valence-corrected chi connectivity index (χ4v) is 2.93. The van der Waals surface area contributed by atoms with Crippen molar-refractivity contribution in [3.63, 3.8) is 0 Å².